The molecule has 1 aromatic rings. The molecule has 1 aromatic carbocycles. The monoisotopic (exact) mass is 321 g/mol. The third kappa shape index (κ3) is 5.81. The van der Waals surface area contributed by atoms with Gasteiger partial charge in [0.05, 0.1) is 20.8 Å². The normalized spacial score (nSPS) is 12.5. The van der Waals surface area contributed by atoms with Gasteiger partial charge in [-0.05, 0) is 38.0 Å². The van der Waals surface area contributed by atoms with E-state index in [0.29, 0.717) is 23.9 Å². The first-order valence-electron chi connectivity index (χ1n) is 7.85. The average Bonchev–Trinajstić information content (AvgIpc) is 2.58. The van der Waals surface area contributed by atoms with Crippen LogP contribution in [0.15, 0.2) is 23.2 Å². The van der Waals surface area contributed by atoms with Crippen LogP contribution in [0.1, 0.15) is 43.1 Å². The predicted molar refractivity (Wildman–Crippen MR) is 92.0 cm³/mol. The number of guanidine groups is 1. The molecular weight excluding hydrogens is 294 g/mol. The zero-order valence-electron chi connectivity index (χ0n) is 14.6. The van der Waals surface area contributed by atoms with Crippen LogP contribution in [0.25, 0.3) is 0 Å². The van der Waals surface area contributed by atoms with Crippen molar-refractivity contribution in [2.45, 2.75) is 39.8 Å². The molecule has 2 N–H and O–H groups in total. The number of methoxy groups -OCH3 is 2. The topological polar surface area (TPSA) is 72.0 Å². The van der Waals surface area contributed by atoms with Crippen LogP contribution >= 0.6 is 0 Å². The Balaban J connectivity index is 2.93. The van der Waals surface area contributed by atoms with E-state index in [1.807, 2.05) is 13.0 Å². The maximum absolute atomic E-state index is 11.8. The van der Waals surface area contributed by atoms with Crippen LogP contribution in [0.2, 0.25) is 0 Å². The summed E-state index contributed by atoms with van der Waals surface area (Å²) in [5.41, 5.74) is 1.31. The second-order valence-electron chi connectivity index (χ2n) is 5.18. The number of esters is 1. The van der Waals surface area contributed by atoms with Gasteiger partial charge in [0.1, 0.15) is 11.3 Å². The van der Waals surface area contributed by atoms with Crippen molar-refractivity contribution < 1.29 is 14.3 Å². The fraction of sp³-hybridized carbons (Fsp3) is 0.529. The molecule has 23 heavy (non-hydrogen) atoms. The third-order valence-electron chi connectivity index (χ3n) is 3.43. The third-order valence-corrected chi connectivity index (χ3v) is 3.43. The highest BCUT2D eigenvalue weighted by molar-refractivity contribution is 5.92. The van der Waals surface area contributed by atoms with Crippen molar-refractivity contribution >= 4 is 11.9 Å². The van der Waals surface area contributed by atoms with Gasteiger partial charge < -0.3 is 20.1 Å². The average molecular weight is 321 g/mol. The van der Waals surface area contributed by atoms with Gasteiger partial charge in [-0.15, -0.1) is 0 Å². The minimum atomic E-state index is -0.419. The molecule has 0 radical (unpaired) electrons. The Morgan fingerprint density at radius 3 is 2.61 bits per heavy atom. The Morgan fingerprint density at radius 1 is 1.30 bits per heavy atom. The zero-order valence-corrected chi connectivity index (χ0v) is 14.6. The summed E-state index contributed by atoms with van der Waals surface area (Å²) in [6, 6.07) is 5.74. The molecule has 1 unspecified atom stereocenters. The number of carbonyl (C=O) groups excluding carboxylic acids is 1. The van der Waals surface area contributed by atoms with E-state index < -0.39 is 5.97 Å². The second kappa shape index (κ2) is 9.71. The number of hydrogen-bond donors (Lipinski definition) is 2. The summed E-state index contributed by atoms with van der Waals surface area (Å²) in [5.74, 6) is 0.837. The van der Waals surface area contributed by atoms with E-state index in [0.717, 1.165) is 24.5 Å². The highest BCUT2D eigenvalue weighted by atomic mass is 16.5. The van der Waals surface area contributed by atoms with Gasteiger partial charge >= 0.3 is 5.97 Å². The molecular formula is C17H27N3O3. The van der Waals surface area contributed by atoms with E-state index >= 15 is 0 Å². The lowest BCUT2D eigenvalue weighted by atomic mass is 10.1. The standard InChI is InChI=1S/C17H27N3O3/c1-6-12(3)20-17(18-7-2)19-11-13-8-9-15(22-4)14(10-13)16(21)23-5/h8-10,12H,6-7,11H2,1-5H3,(H2,18,19,20). The largest absolute Gasteiger partial charge is 0.496 e. The van der Waals surface area contributed by atoms with Crippen LogP contribution < -0.4 is 15.4 Å². The summed E-state index contributed by atoms with van der Waals surface area (Å²) in [4.78, 5) is 16.4. The van der Waals surface area contributed by atoms with Crippen molar-refractivity contribution in [1.29, 1.82) is 0 Å². The smallest absolute Gasteiger partial charge is 0.341 e. The summed E-state index contributed by atoms with van der Waals surface area (Å²) in [6.07, 6.45) is 1.01. The minimum absolute atomic E-state index is 0.342. The fourth-order valence-corrected chi connectivity index (χ4v) is 1.95. The molecule has 0 saturated heterocycles. The molecule has 0 fully saturated rings. The molecule has 0 bridgehead atoms. The Bertz CT molecular complexity index is 544. The van der Waals surface area contributed by atoms with Crippen molar-refractivity contribution in [2.75, 3.05) is 20.8 Å². The SMILES string of the molecule is CCNC(=NCc1ccc(OC)c(C(=O)OC)c1)NC(C)CC. The van der Waals surface area contributed by atoms with Crippen LogP contribution in [0, 0.1) is 0 Å². The molecule has 6 heteroatoms. The van der Waals surface area contributed by atoms with Crippen LogP contribution in [0.3, 0.4) is 0 Å². The van der Waals surface area contributed by atoms with Crippen molar-refractivity contribution in [1.82, 2.24) is 10.6 Å². The number of ether oxygens (including phenoxy) is 2. The van der Waals surface area contributed by atoms with Gasteiger partial charge in [-0.1, -0.05) is 13.0 Å². The maximum Gasteiger partial charge on any atom is 0.341 e. The Morgan fingerprint density at radius 2 is 2.04 bits per heavy atom. The number of benzene rings is 1. The number of nitrogens with zero attached hydrogens (tertiary/aromatic N) is 1. The highest BCUT2D eigenvalue weighted by Crippen LogP contribution is 2.21. The summed E-state index contributed by atoms with van der Waals surface area (Å²) in [7, 11) is 2.88. The lowest BCUT2D eigenvalue weighted by Gasteiger charge is -2.16. The van der Waals surface area contributed by atoms with Crippen LogP contribution in [0.4, 0.5) is 0 Å². The fourth-order valence-electron chi connectivity index (χ4n) is 1.95. The van der Waals surface area contributed by atoms with E-state index in [9.17, 15) is 4.79 Å². The van der Waals surface area contributed by atoms with Gasteiger partial charge in [-0.3, -0.25) is 0 Å². The van der Waals surface area contributed by atoms with E-state index in [1.54, 1.807) is 12.1 Å². The molecule has 0 aliphatic carbocycles. The Hall–Kier alpha value is -2.24. The van der Waals surface area contributed by atoms with Gasteiger partial charge in [0.25, 0.3) is 0 Å². The summed E-state index contributed by atoms with van der Waals surface area (Å²) >= 11 is 0. The van der Waals surface area contributed by atoms with Gasteiger partial charge in [0, 0.05) is 12.6 Å². The summed E-state index contributed by atoms with van der Waals surface area (Å²) < 4.78 is 9.98. The molecule has 1 rings (SSSR count). The van der Waals surface area contributed by atoms with Gasteiger partial charge in [0.15, 0.2) is 5.96 Å². The van der Waals surface area contributed by atoms with Gasteiger partial charge in [-0.2, -0.15) is 0 Å². The molecule has 1 atom stereocenters. The number of nitrogens with one attached hydrogen (secondary N) is 2. The Labute approximate surface area is 138 Å². The van der Waals surface area contributed by atoms with E-state index in [1.165, 1.54) is 14.2 Å². The number of rotatable bonds is 7. The predicted octanol–water partition coefficient (Wildman–Crippen LogP) is 2.34. The minimum Gasteiger partial charge on any atom is -0.496 e. The second-order valence-corrected chi connectivity index (χ2v) is 5.18. The highest BCUT2D eigenvalue weighted by Gasteiger charge is 2.13. The lowest BCUT2D eigenvalue weighted by Crippen LogP contribution is -2.41. The molecule has 0 amide bonds. The lowest BCUT2D eigenvalue weighted by molar-refractivity contribution is 0.0597. The maximum atomic E-state index is 11.8. The molecule has 128 valence electrons. The molecule has 0 aliphatic rings. The van der Waals surface area contributed by atoms with E-state index in [-0.39, 0.29) is 0 Å². The number of hydrogen-bond acceptors (Lipinski definition) is 4. The Kier molecular flexibility index (Phi) is 7.94. The molecule has 0 saturated carbocycles. The molecule has 0 aromatic heterocycles. The zero-order chi connectivity index (χ0) is 17.2. The first kappa shape index (κ1) is 18.8. The molecule has 0 aliphatic heterocycles. The molecule has 6 nitrogen and oxygen atoms in total. The van der Waals surface area contributed by atoms with Gasteiger partial charge in [0.2, 0.25) is 0 Å². The van der Waals surface area contributed by atoms with Crippen molar-refractivity contribution in [3.05, 3.63) is 29.3 Å². The van der Waals surface area contributed by atoms with Crippen molar-refractivity contribution in [3.8, 4) is 5.75 Å². The first-order valence-corrected chi connectivity index (χ1v) is 7.85. The van der Waals surface area contributed by atoms with Crippen molar-refractivity contribution in [2.24, 2.45) is 4.99 Å². The number of carbonyl (C=O) groups is 1. The van der Waals surface area contributed by atoms with Gasteiger partial charge in [-0.25, -0.2) is 9.79 Å². The van der Waals surface area contributed by atoms with Crippen LogP contribution in [-0.4, -0.2) is 38.7 Å². The van der Waals surface area contributed by atoms with E-state index in [4.69, 9.17) is 9.47 Å². The molecule has 0 heterocycles. The van der Waals surface area contributed by atoms with E-state index in [2.05, 4.69) is 29.5 Å². The van der Waals surface area contributed by atoms with Crippen LogP contribution in [0.5, 0.6) is 5.75 Å². The van der Waals surface area contributed by atoms with Crippen LogP contribution in [-0.2, 0) is 11.3 Å². The first-order chi connectivity index (χ1) is 11.0. The molecule has 0 spiro atoms. The summed E-state index contributed by atoms with van der Waals surface area (Å²) in [5, 5.41) is 6.54. The van der Waals surface area contributed by atoms with Crippen molar-refractivity contribution in [3.63, 3.8) is 0 Å². The number of aliphatic imine (C=N–C) groups is 1. The summed E-state index contributed by atoms with van der Waals surface area (Å²) in [6.45, 7) is 7.50. The quantitative estimate of drug-likeness (QED) is 0.458.